The largest absolute Gasteiger partial charge is 0.463 e. The fraction of sp³-hybridized carbons (Fsp3) is 0.200. The minimum absolute atomic E-state index is 0.588. The number of halogens is 1. The second kappa shape index (κ2) is 4.77. The van der Waals surface area contributed by atoms with Gasteiger partial charge in [0.25, 0.3) is 5.78 Å². The van der Waals surface area contributed by atoms with Crippen molar-refractivity contribution < 1.29 is 14.3 Å². The quantitative estimate of drug-likeness (QED) is 0.435. The number of carbonyl (C=O) groups is 2. The minimum Gasteiger partial charge on any atom is -0.463 e. The van der Waals surface area contributed by atoms with Gasteiger partial charge >= 0.3 is 5.97 Å². The molecule has 0 spiro atoms. The van der Waals surface area contributed by atoms with Crippen LogP contribution >= 0.6 is 11.6 Å². The predicted molar refractivity (Wildman–Crippen MR) is 52.1 cm³/mol. The molecule has 0 aliphatic rings. The van der Waals surface area contributed by atoms with Crippen molar-refractivity contribution in [1.29, 1.82) is 0 Å². The summed E-state index contributed by atoms with van der Waals surface area (Å²) >= 11 is 5.78. The molecule has 0 amide bonds. The molecule has 1 rings (SSSR count). The number of rotatable bonds is 3. The number of esters is 1. The van der Waals surface area contributed by atoms with Gasteiger partial charge < -0.3 is 4.74 Å². The van der Waals surface area contributed by atoms with E-state index in [1.165, 1.54) is 0 Å². The molecule has 1 aromatic rings. The van der Waals surface area contributed by atoms with E-state index in [4.69, 9.17) is 11.6 Å². The number of benzene rings is 1. The third kappa shape index (κ3) is 2.33. The first-order valence-electron chi connectivity index (χ1n) is 3.98. The van der Waals surface area contributed by atoms with E-state index >= 15 is 0 Å². The summed E-state index contributed by atoms with van der Waals surface area (Å²) in [6.45, 7) is 0. The highest BCUT2D eigenvalue weighted by Gasteiger charge is 2.25. The molecule has 0 saturated carbocycles. The van der Waals surface area contributed by atoms with E-state index in [2.05, 4.69) is 4.74 Å². The van der Waals surface area contributed by atoms with Crippen LogP contribution in [-0.2, 0) is 14.3 Å². The van der Waals surface area contributed by atoms with E-state index in [1.807, 2.05) is 0 Å². The van der Waals surface area contributed by atoms with Crippen molar-refractivity contribution in [2.24, 2.45) is 0 Å². The average Bonchev–Trinajstić information content (AvgIpc) is 2.27. The van der Waals surface area contributed by atoms with Crippen LogP contribution < -0.4 is 0 Å². The summed E-state index contributed by atoms with van der Waals surface area (Å²) < 4.78 is 4.28. The standard InChI is InChI=1S/C10H9ClO3/c1-14-10(13)9(12)8(11)7-5-3-2-4-6-7/h2-6,8H,1H3. The lowest BCUT2D eigenvalue weighted by Gasteiger charge is -2.06. The Morgan fingerprint density at radius 2 is 1.86 bits per heavy atom. The van der Waals surface area contributed by atoms with Gasteiger partial charge in [-0.05, 0) is 5.56 Å². The predicted octanol–water partition coefficient (Wildman–Crippen LogP) is 1.71. The van der Waals surface area contributed by atoms with Crippen LogP contribution in [0.15, 0.2) is 30.3 Å². The number of Topliss-reactive ketones (excluding diaryl/α,β-unsaturated/α-hetero) is 1. The van der Waals surface area contributed by atoms with E-state index in [0.29, 0.717) is 5.56 Å². The van der Waals surface area contributed by atoms with Gasteiger partial charge in [-0.3, -0.25) is 4.79 Å². The molecule has 0 N–H and O–H groups in total. The van der Waals surface area contributed by atoms with Gasteiger partial charge in [-0.2, -0.15) is 0 Å². The molecule has 1 atom stereocenters. The summed E-state index contributed by atoms with van der Waals surface area (Å²) in [5, 5.41) is -0.969. The highest BCUT2D eigenvalue weighted by Crippen LogP contribution is 2.21. The van der Waals surface area contributed by atoms with E-state index < -0.39 is 17.1 Å². The minimum atomic E-state index is -0.969. The van der Waals surface area contributed by atoms with Crippen LogP contribution in [0.3, 0.4) is 0 Å². The van der Waals surface area contributed by atoms with Gasteiger partial charge in [-0.15, -0.1) is 11.6 Å². The molecule has 0 aromatic heterocycles. The van der Waals surface area contributed by atoms with Crippen LogP contribution in [-0.4, -0.2) is 18.9 Å². The van der Waals surface area contributed by atoms with Crippen molar-refractivity contribution in [2.75, 3.05) is 7.11 Å². The van der Waals surface area contributed by atoms with E-state index in [1.54, 1.807) is 30.3 Å². The third-order valence-corrected chi connectivity index (χ3v) is 2.16. The van der Waals surface area contributed by atoms with Gasteiger partial charge in [0.05, 0.1) is 7.11 Å². The lowest BCUT2D eigenvalue weighted by Crippen LogP contribution is -2.20. The number of ketones is 1. The molecule has 0 aliphatic heterocycles. The second-order valence-corrected chi connectivity index (χ2v) is 3.07. The molecule has 0 bridgehead atoms. The molecular weight excluding hydrogens is 204 g/mol. The highest BCUT2D eigenvalue weighted by atomic mass is 35.5. The van der Waals surface area contributed by atoms with Crippen molar-refractivity contribution in [3.8, 4) is 0 Å². The maximum Gasteiger partial charge on any atom is 0.376 e. The van der Waals surface area contributed by atoms with Crippen LogP contribution in [0.4, 0.5) is 0 Å². The maximum absolute atomic E-state index is 11.3. The third-order valence-electron chi connectivity index (χ3n) is 1.71. The van der Waals surface area contributed by atoms with Crippen LogP contribution in [0.5, 0.6) is 0 Å². The fourth-order valence-electron chi connectivity index (χ4n) is 0.977. The number of alkyl halides is 1. The van der Waals surface area contributed by atoms with Crippen LogP contribution in [0, 0.1) is 0 Å². The Hall–Kier alpha value is -1.35. The fourth-order valence-corrected chi connectivity index (χ4v) is 1.21. The van der Waals surface area contributed by atoms with Gasteiger partial charge in [0, 0.05) is 0 Å². The lowest BCUT2D eigenvalue weighted by atomic mass is 10.1. The molecule has 0 aliphatic carbocycles. The van der Waals surface area contributed by atoms with Gasteiger partial charge in [0.2, 0.25) is 0 Å². The molecule has 0 fully saturated rings. The van der Waals surface area contributed by atoms with Crippen LogP contribution in [0.1, 0.15) is 10.9 Å². The first-order valence-corrected chi connectivity index (χ1v) is 4.41. The Kier molecular flexibility index (Phi) is 3.65. The van der Waals surface area contributed by atoms with Crippen molar-refractivity contribution >= 4 is 23.4 Å². The topological polar surface area (TPSA) is 43.4 Å². The first-order chi connectivity index (χ1) is 6.66. The smallest absolute Gasteiger partial charge is 0.376 e. The van der Waals surface area contributed by atoms with Crippen molar-refractivity contribution in [1.82, 2.24) is 0 Å². The summed E-state index contributed by atoms with van der Waals surface area (Å²) in [4.78, 5) is 22.1. The monoisotopic (exact) mass is 212 g/mol. The summed E-state index contributed by atoms with van der Waals surface area (Å²) in [6, 6.07) is 8.65. The van der Waals surface area contributed by atoms with Gasteiger partial charge in [-0.25, -0.2) is 4.79 Å². The first kappa shape index (κ1) is 10.7. The Labute approximate surface area is 86.6 Å². The molecule has 0 radical (unpaired) electrons. The second-order valence-electron chi connectivity index (χ2n) is 2.63. The van der Waals surface area contributed by atoms with Crippen molar-refractivity contribution in [3.63, 3.8) is 0 Å². The molecule has 0 heterocycles. The van der Waals surface area contributed by atoms with E-state index in [0.717, 1.165) is 7.11 Å². The number of carbonyl (C=O) groups excluding carboxylic acids is 2. The van der Waals surface area contributed by atoms with E-state index in [-0.39, 0.29) is 0 Å². The summed E-state index contributed by atoms with van der Waals surface area (Å²) in [6.07, 6.45) is 0. The van der Waals surface area contributed by atoms with Crippen LogP contribution in [0.2, 0.25) is 0 Å². The maximum atomic E-state index is 11.3. The average molecular weight is 213 g/mol. The van der Waals surface area contributed by atoms with E-state index in [9.17, 15) is 9.59 Å². The SMILES string of the molecule is COC(=O)C(=O)C(Cl)c1ccccc1. The number of methoxy groups -OCH3 is 1. The van der Waals surface area contributed by atoms with Crippen molar-refractivity contribution in [2.45, 2.75) is 5.38 Å². The summed E-state index contributed by atoms with van der Waals surface area (Å²) in [5.74, 6) is -1.67. The normalized spacial score (nSPS) is 11.9. The lowest BCUT2D eigenvalue weighted by molar-refractivity contribution is -0.151. The molecule has 3 nitrogen and oxygen atoms in total. The Balaban J connectivity index is 2.81. The zero-order valence-electron chi connectivity index (χ0n) is 7.57. The molecule has 1 unspecified atom stereocenters. The highest BCUT2D eigenvalue weighted by molar-refractivity contribution is 6.47. The summed E-state index contributed by atoms with van der Waals surface area (Å²) in [7, 11) is 1.15. The zero-order valence-corrected chi connectivity index (χ0v) is 8.32. The van der Waals surface area contributed by atoms with Crippen molar-refractivity contribution in [3.05, 3.63) is 35.9 Å². The zero-order chi connectivity index (χ0) is 10.6. The Morgan fingerprint density at radius 1 is 1.29 bits per heavy atom. The van der Waals surface area contributed by atoms with Gasteiger partial charge in [0.1, 0.15) is 5.38 Å². The molecule has 0 saturated heterocycles. The molecular formula is C10H9ClO3. The van der Waals surface area contributed by atoms with Gasteiger partial charge in [0.15, 0.2) is 0 Å². The summed E-state index contributed by atoms with van der Waals surface area (Å²) in [5.41, 5.74) is 0.588. The molecule has 74 valence electrons. The number of ether oxygens (including phenoxy) is 1. The van der Waals surface area contributed by atoms with Crippen LogP contribution in [0.25, 0.3) is 0 Å². The Morgan fingerprint density at radius 3 is 2.36 bits per heavy atom. The number of hydrogen-bond donors (Lipinski definition) is 0. The molecule has 4 heteroatoms. The Bertz CT molecular complexity index is 334. The molecule has 1 aromatic carbocycles. The molecule has 14 heavy (non-hydrogen) atoms. The van der Waals surface area contributed by atoms with Gasteiger partial charge in [-0.1, -0.05) is 30.3 Å². The number of hydrogen-bond acceptors (Lipinski definition) is 3.